The molecule has 100 valence electrons. The van der Waals surface area contributed by atoms with Crippen LogP contribution in [0.25, 0.3) is 0 Å². The van der Waals surface area contributed by atoms with Crippen molar-refractivity contribution in [3.63, 3.8) is 0 Å². The molecule has 0 aliphatic carbocycles. The zero-order valence-electron chi connectivity index (χ0n) is 11.4. The van der Waals surface area contributed by atoms with Gasteiger partial charge in [-0.05, 0) is 51.4 Å². The van der Waals surface area contributed by atoms with Crippen molar-refractivity contribution < 1.29 is 0 Å². The molecule has 2 N–H and O–H groups in total. The monoisotopic (exact) mass is 239 g/mol. The largest absolute Gasteiger partial charge is 0.330 e. The Bertz CT molecular complexity index is 220. The van der Waals surface area contributed by atoms with Crippen LogP contribution in [-0.2, 0) is 0 Å². The molecule has 0 aromatic carbocycles. The molecule has 2 fully saturated rings. The van der Waals surface area contributed by atoms with Crippen LogP contribution >= 0.6 is 0 Å². The SMILES string of the molecule is CCCCCN1CCC(N2CCC(CN)C2)C1. The van der Waals surface area contributed by atoms with Gasteiger partial charge in [-0.15, -0.1) is 0 Å². The van der Waals surface area contributed by atoms with Gasteiger partial charge in [0.15, 0.2) is 0 Å². The molecule has 2 atom stereocenters. The van der Waals surface area contributed by atoms with Gasteiger partial charge in [0.25, 0.3) is 0 Å². The van der Waals surface area contributed by atoms with E-state index in [1.807, 2.05) is 0 Å². The molecule has 2 aliphatic heterocycles. The van der Waals surface area contributed by atoms with Crippen LogP contribution in [0.5, 0.6) is 0 Å². The van der Waals surface area contributed by atoms with Crippen LogP contribution in [0.3, 0.4) is 0 Å². The second-order valence-corrected chi connectivity index (χ2v) is 5.84. The molecule has 0 aromatic rings. The van der Waals surface area contributed by atoms with E-state index >= 15 is 0 Å². The topological polar surface area (TPSA) is 32.5 Å². The zero-order chi connectivity index (χ0) is 12.1. The molecule has 0 bridgehead atoms. The molecule has 2 unspecified atom stereocenters. The highest BCUT2D eigenvalue weighted by molar-refractivity contribution is 4.88. The van der Waals surface area contributed by atoms with E-state index in [0.29, 0.717) is 0 Å². The third-order valence-electron chi connectivity index (χ3n) is 4.49. The summed E-state index contributed by atoms with van der Waals surface area (Å²) in [6, 6.07) is 0.827. The molecule has 2 saturated heterocycles. The molecule has 2 aliphatic rings. The predicted octanol–water partition coefficient (Wildman–Crippen LogP) is 1.53. The summed E-state index contributed by atoms with van der Waals surface area (Å²) in [6.45, 7) is 9.64. The number of nitrogens with zero attached hydrogens (tertiary/aromatic N) is 2. The van der Waals surface area contributed by atoms with E-state index in [0.717, 1.165) is 18.5 Å². The highest BCUT2D eigenvalue weighted by Crippen LogP contribution is 2.23. The van der Waals surface area contributed by atoms with Crippen LogP contribution in [0, 0.1) is 5.92 Å². The minimum atomic E-state index is 0.768. The van der Waals surface area contributed by atoms with Crippen LogP contribution in [0.4, 0.5) is 0 Å². The van der Waals surface area contributed by atoms with E-state index in [9.17, 15) is 0 Å². The highest BCUT2D eigenvalue weighted by atomic mass is 15.3. The van der Waals surface area contributed by atoms with E-state index < -0.39 is 0 Å². The van der Waals surface area contributed by atoms with Gasteiger partial charge in [0.05, 0.1) is 0 Å². The molecule has 0 amide bonds. The number of likely N-dealkylation sites (tertiary alicyclic amines) is 2. The molecule has 0 spiro atoms. The van der Waals surface area contributed by atoms with E-state index in [-0.39, 0.29) is 0 Å². The Hall–Kier alpha value is -0.120. The quantitative estimate of drug-likeness (QED) is 0.714. The first-order chi connectivity index (χ1) is 8.33. The fourth-order valence-electron chi connectivity index (χ4n) is 3.29. The maximum absolute atomic E-state index is 5.77. The summed E-state index contributed by atoms with van der Waals surface area (Å²) in [4.78, 5) is 5.35. The van der Waals surface area contributed by atoms with Crippen molar-refractivity contribution in [1.29, 1.82) is 0 Å². The van der Waals surface area contributed by atoms with Gasteiger partial charge >= 0.3 is 0 Å². The summed E-state index contributed by atoms with van der Waals surface area (Å²) in [5, 5.41) is 0. The van der Waals surface area contributed by atoms with E-state index in [2.05, 4.69) is 16.7 Å². The Morgan fingerprint density at radius 3 is 2.71 bits per heavy atom. The lowest BCUT2D eigenvalue weighted by atomic mass is 10.1. The zero-order valence-corrected chi connectivity index (χ0v) is 11.4. The smallest absolute Gasteiger partial charge is 0.0235 e. The fourth-order valence-corrected chi connectivity index (χ4v) is 3.29. The first kappa shape index (κ1) is 13.3. The number of hydrogen-bond acceptors (Lipinski definition) is 3. The summed E-state index contributed by atoms with van der Waals surface area (Å²) in [5.41, 5.74) is 5.77. The molecular formula is C14H29N3. The van der Waals surface area contributed by atoms with Gasteiger partial charge in [-0.3, -0.25) is 4.90 Å². The summed E-state index contributed by atoms with van der Waals surface area (Å²) in [5.74, 6) is 0.768. The lowest BCUT2D eigenvalue weighted by molar-refractivity contribution is 0.224. The number of rotatable bonds is 6. The average molecular weight is 239 g/mol. The van der Waals surface area contributed by atoms with Gasteiger partial charge in [0.2, 0.25) is 0 Å². The van der Waals surface area contributed by atoms with E-state index in [1.165, 1.54) is 64.8 Å². The van der Waals surface area contributed by atoms with Gasteiger partial charge in [0, 0.05) is 19.1 Å². The molecular weight excluding hydrogens is 210 g/mol. The van der Waals surface area contributed by atoms with Gasteiger partial charge in [-0.25, -0.2) is 0 Å². The van der Waals surface area contributed by atoms with Gasteiger partial charge in [0.1, 0.15) is 0 Å². The molecule has 17 heavy (non-hydrogen) atoms. The molecule has 2 rings (SSSR count). The predicted molar refractivity (Wildman–Crippen MR) is 73.1 cm³/mol. The van der Waals surface area contributed by atoms with Crippen LogP contribution in [-0.4, -0.2) is 55.1 Å². The molecule has 3 heteroatoms. The Balaban J connectivity index is 1.67. The lowest BCUT2D eigenvalue weighted by Gasteiger charge is -2.24. The number of hydrogen-bond donors (Lipinski definition) is 1. The van der Waals surface area contributed by atoms with E-state index in [4.69, 9.17) is 5.73 Å². The minimum absolute atomic E-state index is 0.768. The number of unbranched alkanes of at least 4 members (excludes halogenated alkanes) is 2. The first-order valence-electron chi connectivity index (χ1n) is 7.50. The molecule has 2 heterocycles. The van der Waals surface area contributed by atoms with Crippen LogP contribution in [0.2, 0.25) is 0 Å². The van der Waals surface area contributed by atoms with Crippen molar-refractivity contribution in [2.24, 2.45) is 11.7 Å². The molecule has 0 saturated carbocycles. The van der Waals surface area contributed by atoms with Gasteiger partial charge in [-0.1, -0.05) is 19.8 Å². The maximum atomic E-state index is 5.77. The van der Waals surface area contributed by atoms with Gasteiger partial charge in [-0.2, -0.15) is 0 Å². The third-order valence-corrected chi connectivity index (χ3v) is 4.49. The standard InChI is InChI=1S/C14H29N3/c1-2-3-4-7-16-8-6-14(12-16)17-9-5-13(10-15)11-17/h13-14H,2-12,15H2,1H3. The fraction of sp³-hybridized carbons (Fsp3) is 1.00. The normalized spacial score (nSPS) is 31.4. The average Bonchev–Trinajstić information content (AvgIpc) is 2.97. The molecule has 0 radical (unpaired) electrons. The summed E-state index contributed by atoms with van der Waals surface area (Å²) < 4.78 is 0. The Labute approximate surface area is 106 Å². The molecule has 0 aromatic heterocycles. The van der Waals surface area contributed by atoms with Crippen LogP contribution in [0.15, 0.2) is 0 Å². The Morgan fingerprint density at radius 2 is 2.00 bits per heavy atom. The van der Waals surface area contributed by atoms with Crippen molar-refractivity contribution in [2.75, 3.05) is 39.3 Å². The van der Waals surface area contributed by atoms with E-state index in [1.54, 1.807) is 0 Å². The van der Waals surface area contributed by atoms with Crippen molar-refractivity contribution >= 4 is 0 Å². The minimum Gasteiger partial charge on any atom is -0.330 e. The second-order valence-electron chi connectivity index (χ2n) is 5.84. The second kappa shape index (κ2) is 6.72. The Morgan fingerprint density at radius 1 is 1.12 bits per heavy atom. The van der Waals surface area contributed by atoms with Crippen molar-refractivity contribution in [3.05, 3.63) is 0 Å². The maximum Gasteiger partial charge on any atom is 0.0235 e. The van der Waals surface area contributed by atoms with Gasteiger partial charge < -0.3 is 10.6 Å². The first-order valence-corrected chi connectivity index (χ1v) is 7.50. The van der Waals surface area contributed by atoms with Crippen molar-refractivity contribution in [3.8, 4) is 0 Å². The summed E-state index contributed by atoms with van der Waals surface area (Å²) in [6.07, 6.45) is 6.81. The molecule has 3 nitrogen and oxygen atoms in total. The lowest BCUT2D eigenvalue weighted by Crippen LogP contribution is -2.36. The summed E-state index contributed by atoms with van der Waals surface area (Å²) >= 11 is 0. The third kappa shape index (κ3) is 3.67. The summed E-state index contributed by atoms with van der Waals surface area (Å²) in [7, 11) is 0. The van der Waals surface area contributed by atoms with Crippen molar-refractivity contribution in [1.82, 2.24) is 9.80 Å². The Kier molecular flexibility index (Phi) is 5.26. The van der Waals surface area contributed by atoms with Crippen LogP contribution < -0.4 is 5.73 Å². The van der Waals surface area contributed by atoms with Crippen LogP contribution in [0.1, 0.15) is 39.0 Å². The number of nitrogens with two attached hydrogens (primary N) is 1. The highest BCUT2D eigenvalue weighted by Gasteiger charge is 2.31. The van der Waals surface area contributed by atoms with Crippen molar-refractivity contribution in [2.45, 2.75) is 45.1 Å².